The molecule has 1 fully saturated rings. The number of ether oxygens (including phenoxy) is 2. The first kappa shape index (κ1) is 25.3. The zero-order valence-electron chi connectivity index (χ0n) is 19.8. The van der Waals surface area contributed by atoms with E-state index in [0.29, 0.717) is 49.6 Å². The first-order valence-electron chi connectivity index (χ1n) is 11.1. The molecule has 4 rings (SSSR count). The van der Waals surface area contributed by atoms with Crippen LogP contribution in [0.15, 0.2) is 35.1 Å². The summed E-state index contributed by atoms with van der Waals surface area (Å²) in [4.78, 5) is 41.6. The highest BCUT2D eigenvalue weighted by molar-refractivity contribution is 9.10. The van der Waals surface area contributed by atoms with Gasteiger partial charge in [-0.05, 0) is 39.0 Å². The van der Waals surface area contributed by atoms with Crippen LogP contribution in [0.25, 0.3) is 10.2 Å². The van der Waals surface area contributed by atoms with E-state index in [-0.39, 0.29) is 12.5 Å². The number of hydrogen-bond donors (Lipinski definition) is 1. The van der Waals surface area contributed by atoms with Gasteiger partial charge in [-0.25, -0.2) is 19.7 Å². The average molecular weight is 563 g/mol. The van der Waals surface area contributed by atoms with Crippen LogP contribution in [0.4, 0.5) is 11.1 Å². The number of anilines is 2. The summed E-state index contributed by atoms with van der Waals surface area (Å²) < 4.78 is 12.6. The molecule has 1 N–H and O–H groups in total. The Kier molecular flexibility index (Phi) is 7.82. The van der Waals surface area contributed by atoms with E-state index < -0.39 is 11.6 Å². The lowest BCUT2D eigenvalue weighted by atomic mass is 10.2. The minimum Gasteiger partial charge on any atom is -0.479 e. The van der Waals surface area contributed by atoms with Gasteiger partial charge < -0.3 is 19.7 Å². The van der Waals surface area contributed by atoms with Crippen molar-refractivity contribution in [1.82, 2.24) is 19.9 Å². The van der Waals surface area contributed by atoms with Crippen LogP contribution in [0.3, 0.4) is 0 Å². The quantitative estimate of drug-likeness (QED) is 0.433. The fourth-order valence-electron chi connectivity index (χ4n) is 3.48. The zero-order valence-corrected chi connectivity index (χ0v) is 22.2. The molecule has 3 aromatic rings. The Morgan fingerprint density at radius 3 is 2.54 bits per heavy atom. The fraction of sp³-hybridized carbons (Fsp3) is 0.435. The fourth-order valence-corrected chi connectivity index (χ4v) is 4.91. The molecule has 0 atom stereocenters. The second-order valence-corrected chi connectivity index (χ2v) is 11.0. The lowest BCUT2D eigenvalue weighted by Gasteiger charge is -2.34. The number of esters is 1. The van der Waals surface area contributed by atoms with Crippen molar-refractivity contribution >= 4 is 60.4 Å². The van der Waals surface area contributed by atoms with E-state index in [1.807, 2.05) is 18.2 Å². The van der Waals surface area contributed by atoms with Gasteiger partial charge in [-0.15, -0.1) is 0 Å². The number of carbonyl (C=O) groups is 2. The zero-order chi connectivity index (χ0) is 25.0. The Morgan fingerprint density at radius 1 is 1.14 bits per heavy atom. The third-order valence-corrected chi connectivity index (χ3v) is 6.44. The summed E-state index contributed by atoms with van der Waals surface area (Å²) in [6, 6.07) is 5.84. The molecule has 12 heteroatoms. The lowest BCUT2D eigenvalue weighted by Crippen LogP contribution is -2.49. The highest BCUT2D eigenvalue weighted by Crippen LogP contribution is 2.28. The van der Waals surface area contributed by atoms with Crippen LogP contribution < -0.4 is 15.0 Å². The molecule has 0 spiro atoms. The molecule has 10 nitrogen and oxygen atoms in total. The van der Waals surface area contributed by atoms with Gasteiger partial charge in [0.15, 0.2) is 17.5 Å². The van der Waals surface area contributed by atoms with Gasteiger partial charge in [-0.1, -0.05) is 27.3 Å². The predicted molar refractivity (Wildman–Crippen MR) is 138 cm³/mol. The highest BCUT2D eigenvalue weighted by atomic mass is 79.9. The van der Waals surface area contributed by atoms with Gasteiger partial charge in [0, 0.05) is 30.7 Å². The summed E-state index contributed by atoms with van der Waals surface area (Å²) in [6.07, 6.45) is 3.09. The van der Waals surface area contributed by atoms with Gasteiger partial charge in [-0.2, -0.15) is 0 Å². The average Bonchev–Trinajstić information content (AvgIpc) is 3.18. The van der Waals surface area contributed by atoms with Gasteiger partial charge in [0.1, 0.15) is 5.60 Å². The molecule has 0 saturated carbocycles. The minimum atomic E-state index is -0.559. The van der Waals surface area contributed by atoms with Gasteiger partial charge in [0.25, 0.3) is 0 Å². The lowest BCUT2D eigenvalue weighted by molar-refractivity contribution is -0.157. The molecule has 1 saturated heterocycles. The van der Waals surface area contributed by atoms with Crippen molar-refractivity contribution in [3.05, 3.63) is 35.1 Å². The molecule has 1 aliphatic rings. The molecule has 0 bridgehead atoms. The van der Waals surface area contributed by atoms with Crippen molar-refractivity contribution in [2.45, 2.75) is 26.4 Å². The Morgan fingerprint density at radius 2 is 1.86 bits per heavy atom. The Labute approximate surface area is 215 Å². The molecule has 35 heavy (non-hydrogen) atoms. The van der Waals surface area contributed by atoms with Crippen molar-refractivity contribution < 1.29 is 19.1 Å². The third kappa shape index (κ3) is 7.33. The molecule has 1 aromatic carbocycles. The first-order valence-corrected chi connectivity index (χ1v) is 12.8. The smallest absolute Gasteiger partial charge is 0.344 e. The van der Waals surface area contributed by atoms with Crippen LogP contribution >= 0.6 is 27.3 Å². The number of halogens is 1. The van der Waals surface area contributed by atoms with E-state index >= 15 is 0 Å². The van der Waals surface area contributed by atoms with Gasteiger partial charge in [0.05, 0.1) is 29.2 Å². The molecule has 0 radical (unpaired) electrons. The topological polar surface area (TPSA) is 110 Å². The molecule has 1 aliphatic heterocycles. The van der Waals surface area contributed by atoms with Gasteiger partial charge >= 0.3 is 5.97 Å². The van der Waals surface area contributed by atoms with Crippen molar-refractivity contribution in [1.29, 1.82) is 0 Å². The van der Waals surface area contributed by atoms with E-state index in [1.54, 1.807) is 33.2 Å². The number of hydrogen-bond acceptors (Lipinski definition) is 10. The second kappa shape index (κ2) is 10.8. The van der Waals surface area contributed by atoms with Crippen LogP contribution in [-0.2, 0) is 14.3 Å². The summed E-state index contributed by atoms with van der Waals surface area (Å²) in [5.74, 6) is 0.453. The van der Waals surface area contributed by atoms with Crippen LogP contribution in [0, 0.1) is 0 Å². The minimum absolute atomic E-state index is 0.0840. The summed E-state index contributed by atoms with van der Waals surface area (Å²) in [7, 11) is 0. The number of nitrogens with zero attached hydrogens (tertiary/aromatic N) is 5. The number of benzene rings is 1. The summed E-state index contributed by atoms with van der Waals surface area (Å²) in [6.45, 7) is 8.31. The molecular formula is C23H27BrN6O4S. The largest absolute Gasteiger partial charge is 0.479 e. The SMILES string of the molecule is CC(C)(C)OC(=O)COc1cnc(N2CCN(CC(=O)Nc3nc4ccc(Br)cc4s3)CC2)nc1. The molecular weight excluding hydrogens is 536 g/mol. The van der Waals surface area contributed by atoms with Gasteiger partial charge in [-0.3, -0.25) is 9.69 Å². The van der Waals surface area contributed by atoms with E-state index in [2.05, 4.69) is 46.0 Å². The molecule has 0 aliphatic carbocycles. The number of carbonyl (C=O) groups excluding carboxylic acids is 2. The number of aromatic nitrogens is 3. The number of nitrogens with one attached hydrogen (secondary N) is 1. The molecule has 1 amide bonds. The second-order valence-electron chi connectivity index (χ2n) is 9.04. The van der Waals surface area contributed by atoms with E-state index in [0.717, 1.165) is 14.7 Å². The van der Waals surface area contributed by atoms with Gasteiger partial charge in [0.2, 0.25) is 11.9 Å². The van der Waals surface area contributed by atoms with Crippen LogP contribution in [0.5, 0.6) is 5.75 Å². The summed E-state index contributed by atoms with van der Waals surface area (Å²) in [5.41, 5.74) is 0.305. The molecule has 0 unspecified atom stereocenters. The van der Waals surface area contributed by atoms with Crippen LogP contribution in [0.2, 0.25) is 0 Å². The normalized spacial score (nSPS) is 14.7. The Hall–Kier alpha value is -2.83. The summed E-state index contributed by atoms with van der Waals surface area (Å²) in [5, 5.41) is 3.51. The molecule has 2 aromatic heterocycles. The van der Waals surface area contributed by atoms with E-state index in [9.17, 15) is 9.59 Å². The van der Waals surface area contributed by atoms with Crippen molar-refractivity contribution in [2.24, 2.45) is 0 Å². The number of thiazole rings is 1. The first-order chi connectivity index (χ1) is 16.6. The van der Waals surface area contributed by atoms with Crippen LogP contribution in [-0.4, -0.2) is 76.7 Å². The Balaban J connectivity index is 1.21. The van der Waals surface area contributed by atoms with E-state index in [1.165, 1.54) is 11.3 Å². The standard InChI is InChI=1S/C23H27BrN6O4S/c1-23(2,3)34-20(32)14-33-16-11-25-21(26-12-16)30-8-6-29(7-9-30)13-19(31)28-22-27-17-5-4-15(24)10-18(17)35-22/h4-5,10-12H,6-9,13-14H2,1-3H3,(H,27,28,31). The number of amides is 1. The predicted octanol–water partition coefficient (Wildman–Crippen LogP) is 3.33. The summed E-state index contributed by atoms with van der Waals surface area (Å²) >= 11 is 4.91. The maximum atomic E-state index is 12.5. The number of piperazine rings is 1. The van der Waals surface area contributed by atoms with Crippen molar-refractivity contribution in [3.63, 3.8) is 0 Å². The maximum Gasteiger partial charge on any atom is 0.344 e. The monoisotopic (exact) mass is 562 g/mol. The van der Waals surface area contributed by atoms with Crippen molar-refractivity contribution in [3.8, 4) is 5.75 Å². The highest BCUT2D eigenvalue weighted by Gasteiger charge is 2.22. The Bertz CT molecular complexity index is 1190. The molecule has 3 heterocycles. The van der Waals surface area contributed by atoms with E-state index in [4.69, 9.17) is 9.47 Å². The number of rotatable bonds is 7. The van der Waals surface area contributed by atoms with Crippen LogP contribution in [0.1, 0.15) is 20.8 Å². The number of fused-ring (bicyclic) bond motifs is 1. The maximum absolute atomic E-state index is 12.5. The molecule has 186 valence electrons. The van der Waals surface area contributed by atoms with Crippen molar-refractivity contribution in [2.75, 3.05) is 49.5 Å². The third-order valence-electron chi connectivity index (χ3n) is 5.01.